The van der Waals surface area contributed by atoms with E-state index in [1.54, 1.807) is 0 Å². The minimum Gasteiger partial charge on any atom is -0.459 e. The van der Waals surface area contributed by atoms with Gasteiger partial charge in [0.2, 0.25) is 6.29 Å². The number of hydrogen-bond donors (Lipinski definition) is 1. The Morgan fingerprint density at radius 2 is 1.65 bits per heavy atom. The molecule has 1 saturated carbocycles. The number of aliphatic hydroxyl groups is 1. The number of likely N-dealkylation sites (tertiary alicyclic amines) is 2. The van der Waals surface area contributed by atoms with Crippen LogP contribution in [0.2, 0.25) is 0 Å². The molecule has 2 saturated heterocycles. The van der Waals surface area contributed by atoms with Crippen LogP contribution in [0, 0.1) is 11.8 Å². The zero-order chi connectivity index (χ0) is 23.3. The molecule has 4 aliphatic rings. The summed E-state index contributed by atoms with van der Waals surface area (Å²) in [6, 6.07) is 8.42. The van der Waals surface area contributed by atoms with Crippen molar-refractivity contribution < 1.29 is 19.4 Å². The van der Waals surface area contributed by atoms with Crippen LogP contribution in [0.5, 0.6) is 0 Å². The Bertz CT molecular complexity index is 836. The standard InChI is InChI=1S/C28H40N2O4/c31-19-21-7-9-22(10-8-21)20-33-27-18-24(23-5-4-6-23)17-26(34-27)28(32)30-15-11-25(12-16-30)29-13-2-1-3-14-29/h7-10,17,23-25,27,31H,1-6,11-16,18-20H2/t24-,27+/m0/s1. The highest BCUT2D eigenvalue weighted by molar-refractivity contribution is 5.91. The summed E-state index contributed by atoms with van der Waals surface area (Å²) in [5, 5.41) is 9.25. The van der Waals surface area contributed by atoms with Gasteiger partial charge in [-0.2, -0.15) is 0 Å². The van der Waals surface area contributed by atoms with E-state index >= 15 is 0 Å². The van der Waals surface area contributed by atoms with Gasteiger partial charge in [0.15, 0.2) is 5.76 Å². The van der Waals surface area contributed by atoms with Crippen LogP contribution < -0.4 is 0 Å². The molecule has 1 N–H and O–H groups in total. The Morgan fingerprint density at radius 1 is 0.941 bits per heavy atom. The summed E-state index contributed by atoms with van der Waals surface area (Å²) in [6.07, 6.45) is 12.4. The predicted octanol–water partition coefficient (Wildman–Crippen LogP) is 4.22. The van der Waals surface area contributed by atoms with E-state index in [9.17, 15) is 9.90 Å². The maximum absolute atomic E-state index is 13.4. The Hall–Kier alpha value is -1.89. The van der Waals surface area contributed by atoms with Crippen LogP contribution in [-0.4, -0.2) is 59.3 Å². The zero-order valence-electron chi connectivity index (χ0n) is 20.4. The van der Waals surface area contributed by atoms with E-state index in [1.165, 1.54) is 51.6 Å². The number of carbonyl (C=O) groups is 1. The lowest BCUT2D eigenvalue weighted by atomic mass is 9.73. The van der Waals surface area contributed by atoms with Gasteiger partial charge in [0.05, 0.1) is 13.2 Å². The molecule has 1 aromatic rings. The van der Waals surface area contributed by atoms with E-state index in [4.69, 9.17) is 9.47 Å². The van der Waals surface area contributed by atoms with Crippen molar-refractivity contribution in [3.8, 4) is 0 Å². The quantitative estimate of drug-likeness (QED) is 0.649. The predicted molar refractivity (Wildman–Crippen MR) is 131 cm³/mol. The highest BCUT2D eigenvalue weighted by Crippen LogP contribution is 2.40. The molecule has 1 aliphatic carbocycles. The molecular formula is C28H40N2O4. The monoisotopic (exact) mass is 468 g/mol. The van der Waals surface area contributed by atoms with E-state index in [0.717, 1.165) is 43.5 Å². The van der Waals surface area contributed by atoms with Crippen LogP contribution >= 0.6 is 0 Å². The Labute approximate surface area is 203 Å². The largest absolute Gasteiger partial charge is 0.459 e. The van der Waals surface area contributed by atoms with E-state index in [0.29, 0.717) is 30.2 Å². The molecule has 1 aromatic carbocycles. The normalized spacial score (nSPS) is 27.1. The van der Waals surface area contributed by atoms with Gasteiger partial charge < -0.3 is 24.4 Å². The molecule has 3 fully saturated rings. The molecule has 1 amide bonds. The molecule has 34 heavy (non-hydrogen) atoms. The zero-order valence-corrected chi connectivity index (χ0v) is 20.4. The molecule has 5 rings (SSSR count). The van der Waals surface area contributed by atoms with E-state index in [2.05, 4.69) is 11.0 Å². The molecule has 3 aliphatic heterocycles. The lowest BCUT2D eigenvalue weighted by Crippen LogP contribution is -2.49. The number of amides is 1. The molecule has 0 bridgehead atoms. The van der Waals surface area contributed by atoms with Crippen LogP contribution in [0.4, 0.5) is 0 Å². The number of piperidine rings is 2. The van der Waals surface area contributed by atoms with Crippen molar-refractivity contribution in [1.82, 2.24) is 9.80 Å². The summed E-state index contributed by atoms with van der Waals surface area (Å²) in [6.45, 7) is 4.56. The van der Waals surface area contributed by atoms with Crippen molar-refractivity contribution in [2.24, 2.45) is 11.8 Å². The Morgan fingerprint density at radius 3 is 2.29 bits per heavy atom. The van der Waals surface area contributed by atoms with E-state index in [-0.39, 0.29) is 12.5 Å². The van der Waals surface area contributed by atoms with Gasteiger partial charge >= 0.3 is 0 Å². The van der Waals surface area contributed by atoms with Crippen LogP contribution in [0.25, 0.3) is 0 Å². The molecule has 186 valence electrons. The molecule has 0 aromatic heterocycles. The summed E-state index contributed by atoms with van der Waals surface area (Å²) in [5.74, 6) is 1.54. The average molecular weight is 469 g/mol. The van der Waals surface area contributed by atoms with Gasteiger partial charge in [0, 0.05) is 25.6 Å². The molecule has 0 unspecified atom stereocenters. The Kier molecular flexibility index (Phi) is 7.87. The topological polar surface area (TPSA) is 62.2 Å². The SMILES string of the molecule is O=C(C1=C[C@H](C2CCC2)C[C@H](OCc2ccc(CO)cc2)O1)N1CCC(N2CCCCC2)CC1. The van der Waals surface area contributed by atoms with Gasteiger partial charge in [0.1, 0.15) is 0 Å². The first-order chi connectivity index (χ1) is 16.7. The average Bonchev–Trinajstić information content (AvgIpc) is 2.87. The van der Waals surface area contributed by atoms with Gasteiger partial charge in [-0.3, -0.25) is 4.79 Å². The van der Waals surface area contributed by atoms with Gasteiger partial charge in [-0.25, -0.2) is 0 Å². The fourth-order valence-corrected chi connectivity index (χ4v) is 5.94. The van der Waals surface area contributed by atoms with Crippen molar-refractivity contribution in [2.45, 2.75) is 83.3 Å². The van der Waals surface area contributed by atoms with Crippen molar-refractivity contribution in [2.75, 3.05) is 26.2 Å². The van der Waals surface area contributed by atoms with Gasteiger partial charge in [-0.05, 0) is 80.7 Å². The molecule has 2 atom stereocenters. The van der Waals surface area contributed by atoms with Crippen LogP contribution in [0.1, 0.15) is 68.9 Å². The van der Waals surface area contributed by atoms with Crippen LogP contribution in [0.15, 0.2) is 36.1 Å². The van der Waals surface area contributed by atoms with Crippen LogP contribution in [-0.2, 0) is 27.5 Å². The third-order valence-corrected chi connectivity index (χ3v) is 8.35. The van der Waals surface area contributed by atoms with Crippen molar-refractivity contribution in [3.05, 3.63) is 47.2 Å². The van der Waals surface area contributed by atoms with E-state index in [1.807, 2.05) is 29.2 Å². The number of hydrogen-bond acceptors (Lipinski definition) is 5. The fourth-order valence-electron chi connectivity index (χ4n) is 5.94. The summed E-state index contributed by atoms with van der Waals surface area (Å²) >= 11 is 0. The van der Waals surface area contributed by atoms with Gasteiger partial charge in [-0.15, -0.1) is 0 Å². The van der Waals surface area contributed by atoms with Gasteiger partial charge in [0.25, 0.3) is 5.91 Å². The van der Waals surface area contributed by atoms with Crippen molar-refractivity contribution in [3.63, 3.8) is 0 Å². The van der Waals surface area contributed by atoms with Crippen LogP contribution in [0.3, 0.4) is 0 Å². The summed E-state index contributed by atoms with van der Waals surface area (Å²) < 4.78 is 12.3. The first kappa shape index (κ1) is 23.8. The first-order valence-corrected chi connectivity index (χ1v) is 13.4. The lowest BCUT2D eigenvalue weighted by molar-refractivity contribution is -0.162. The highest BCUT2D eigenvalue weighted by Gasteiger charge is 2.37. The molecule has 6 heteroatoms. The maximum atomic E-state index is 13.4. The number of rotatable bonds is 7. The number of allylic oxidation sites excluding steroid dienone is 1. The second-order valence-corrected chi connectivity index (χ2v) is 10.6. The van der Waals surface area contributed by atoms with Gasteiger partial charge in [-0.1, -0.05) is 37.1 Å². The lowest BCUT2D eigenvalue weighted by Gasteiger charge is -2.41. The summed E-state index contributed by atoms with van der Waals surface area (Å²) in [4.78, 5) is 18.1. The molecular weight excluding hydrogens is 428 g/mol. The molecule has 3 heterocycles. The number of ether oxygens (including phenoxy) is 2. The second kappa shape index (κ2) is 11.2. The number of benzene rings is 1. The summed E-state index contributed by atoms with van der Waals surface area (Å²) in [7, 11) is 0. The number of nitrogens with zero attached hydrogens (tertiary/aromatic N) is 2. The molecule has 0 radical (unpaired) electrons. The minimum atomic E-state index is -0.391. The highest BCUT2D eigenvalue weighted by atomic mass is 16.7. The number of aliphatic hydroxyl groups excluding tert-OH is 1. The fraction of sp³-hybridized carbons (Fsp3) is 0.679. The third kappa shape index (κ3) is 5.67. The van der Waals surface area contributed by atoms with E-state index < -0.39 is 6.29 Å². The molecule has 0 spiro atoms. The first-order valence-electron chi connectivity index (χ1n) is 13.4. The smallest absolute Gasteiger partial charge is 0.288 e. The molecule has 6 nitrogen and oxygen atoms in total. The second-order valence-electron chi connectivity index (χ2n) is 10.6. The van der Waals surface area contributed by atoms with Crippen molar-refractivity contribution >= 4 is 5.91 Å². The minimum absolute atomic E-state index is 0.0431. The Balaban J connectivity index is 1.18. The van der Waals surface area contributed by atoms with Crippen molar-refractivity contribution in [1.29, 1.82) is 0 Å². The number of carbonyl (C=O) groups excluding carboxylic acids is 1. The summed E-state index contributed by atoms with van der Waals surface area (Å²) in [5.41, 5.74) is 1.94. The third-order valence-electron chi connectivity index (χ3n) is 8.35. The maximum Gasteiger partial charge on any atom is 0.288 e.